The first kappa shape index (κ1) is 16.4. The number of nitrogens with two attached hydrogens (primary N) is 2. The number of non-ortho nitro benzene ring substituents is 1. The molecule has 0 aromatic heterocycles. The molecule has 0 unspecified atom stereocenters. The summed E-state index contributed by atoms with van der Waals surface area (Å²) in [6, 6.07) is 5.80. The van der Waals surface area contributed by atoms with E-state index in [1.54, 1.807) is 6.07 Å². The van der Waals surface area contributed by atoms with Crippen molar-refractivity contribution in [3.8, 4) is 0 Å². The maximum Gasteiger partial charge on any atom is 0.270 e. The van der Waals surface area contributed by atoms with Gasteiger partial charge in [0.05, 0.1) is 11.1 Å². The Morgan fingerprint density at radius 2 is 1.95 bits per heavy atom. The van der Waals surface area contributed by atoms with E-state index < -0.39 is 4.92 Å². The van der Waals surface area contributed by atoms with Gasteiger partial charge in [-0.15, -0.1) is 0 Å². The summed E-state index contributed by atoms with van der Waals surface area (Å²) in [6.07, 6.45) is 1.27. The van der Waals surface area contributed by atoms with Crippen LogP contribution in [0, 0.1) is 10.1 Å². The van der Waals surface area contributed by atoms with Crippen molar-refractivity contribution >= 4 is 52.3 Å². The standard InChI is InChI=1S/C10H11N7O2S2/c11-9(20)15-13-5-8(14-16-10(12)21)6-2-1-3-7(4-6)17(18)19/h1-5H,(H3,11,15,20)(H3,12,16,21)/b13-5-,14-8+. The summed E-state index contributed by atoms with van der Waals surface area (Å²) in [5.41, 5.74) is 15.8. The quantitative estimate of drug-likeness (QED) is 0.255. The van der Waals surface area contributed by atoms with Gasteiger partial charge in [0, 0.05) is 17.7 Å². The van der Waals surface area contributed by atoms with E-state index in [4.69, 9.17) is 11.5 Å². The van der Waals surface area contributed by atoms with E-state index in [1.165, 1.54) is 24.4 Å². The fourth-order valence-electron chi connectivity index (χ4n) is 1.22. The van der Waals surface area contributed by atoms with Crippen molar-refractivity contribution in [2.75, 3.05) is 0 Å². The minimum Gasteiger partial charge on any atom is -0.375 e. The fourth-order valence-corrected chi connectivity index (χ4v) is 1.32. The molecule has 9 nitrogen and oxygen atoms in total. The molecule has 1 aromatic rings. The summed E-state index contributed by atoms with van der Waals surface area (Å²) in [6.45, 7) is 0. The molecule has 0 aliphatic rings. The monoisotopic (exact) mass is 325 g/mol. The molecule has 0 aliphatic carbocycles. The van der Waals surface area contributed by atoms with E-state index in [1.807, 2.05) is 0 Å². The minimum atomic E-state index is -0.521. The fraction of sp³-hybridized carbons (Fsp3) is 0. The van der Waals surface area contributed by atoms with Crippen molar-refractivity contribution in [3.63, 3.8) is 0 Å². The molecule has 1 rings (SSSR count). The van der Waals surface area contributed by atoms with Crippen molar-refractivity contribution in [2.45, 2.75) is 0 Å². The molecule has 0 spiro atoms. The van der Waals surface area contributed by atoms with Gasteiger partial charge in [0.25, 0.3) is 5.69 Å². The molecule has 0 amide bonds. The molecule has 0 bridgehead atoms. The van der Waals surface area contributed by atoms with Crippen LogP contribution in [0.25, 0.3) is 0 Å². The Morgan fingerprint density at radius 3 is 2.52 bits per heavy atom. The highest BCUT2D eigenvalue weighted by Crippen LogP contribution is 2.13. The number of thiocarbonyl (C=S) groups is 2. The number of rotatable bonds is 5. The summed E-state index contributed by atoms with van der Waals surface area (Å²) in [7, 11) is 0. The van der Waals surface area contributed by atoms with Crippen molar-refractivity contribution in [1.29, 1.82) is 0 Å². The topological polar surface area (TPSA) is 144 Å². The molecular formula is C10H11N7O2S2. The van der Waals surface area contributed by atoms with E-state index in [0.717, 1.165) is 0 Å². The predicted molar refractivity (Wildman–Crippen MR) is 88.0 cm³/mol. The van der Waals surface area contributed by atoms with Gasteiger partial charge in [0.15, 0.2) is 10.2 Å². The van der Waals surface area contributed by atoms with Gasteiger partial charge in [0.2, 0.25) is 0 Å². The largest absolute Gasteiger partial charge is 0.375 e. The van der Waals surface area contributed by atoms with Crippen LogP contribution in [0.15, 0.2) is 34.5 Å². The van der Waals surface area contributed by atoms with Crippen LogP contribution in [0.5, 0.6) is 0 Å². The number of nitrogens with one attached hydrogen (secondary N) is 2. The Morgan fingerprint density at radius 1 is 1.29 bits per heavy atom. The zero-order chi connectivity index (χ0) is 15.8. The molecule has 0 heterocycles. The predicted octanol–water partition coefficient (Wildman–Crippen LogP) is -0.0489. The van der Waals surface area contributed by atoms with Crippen LogP contribution in [-0.4, -0.2) is 27.1 Å². The van der Waals surface area contributed by atoms with Gasteiger partial charge in [-0.05, 0) is 24.4 Å². The Balaban J connectivity index is 3.10. The lowest BCUT2D eigenvalue weighted by molar-refractivity contribution is -0.384. The average molecular weight is 325 g/mol. The Bertz CT molecular complexity index is 630. The highest BCUT2D eigenvalue weighted by molar-refractivity contribution is 7.80. The maximum absolute atomic E-state index is 10.8. The third-order valence-electron chi connectivity index (χ3n) is 2.00. The van der Waals surface area contributed by atoms with Crippen LogP contribution in [0.4, 0.5) is 5.69 Å². The van der Waals surface area contributed by atoms with Crippen LogP contribution >= 0.6 is 24.4 Å². The van der Waals surface area contributed by atoms with Crippen LogP contribution in [-0.2, 0) is 0 Å². The molecule has 6 N–H and O–H groups in total. The molecule has 1 aromatic carbocycles. The lowest BCUT2D eigenvalue weighted by Gasteiger charge is -2.03. The molecule has 0 radical (unpaired) electrons. The van der Waals surface area contributed by atoms with Crippen molar-refractivity contribution < 1.29 is 4.92 Å². The molecular weight excluding hydrogens is 314 g/mol. The summed E-state index contributed by atoms with van der Waals surface area (Å²) < 4.78 is 0. The number of nitro groups is 1. The maximum atomic E-state index is 10.8. The van der Waals surface area contributed by atoms with Gasteiger partial charge in [-0.3, -0.25) is 21.0 Å². The second kappa shape index (κ2) is 7.81. The number of hydrogen-bond donors (Lipinski definition) is 4. The first-order valence-corrected chi connectivity index (χ1v) is 6.18. The summed E-state index contributed by atoms with van der Waals surface area (Å²) in [5.74, 6) is 0. The Hall–Kier alpha value is -2.66. The normalized spacial score (nSPS) is 11.1. The third-order valence-corrected chi connectivity index (χ3v) is 2.18. The van der Waals surface area contributed by atoms with E-state index in [9.17, 15) is 10.1 Å². The number of nitrogens with zero attached hydrogens (tertiary/aromatic N) is 3. The van der Waals surface area contributed by atoms with E-state index in [2.05, 4.69) is 45.5 Å². The summed E-state index contributed by atoms with van der Waals surface area (Å²) >= 11 is 9.23. The minimum absolute atomic E-state index is 0.0352. The number of hydrazone groups is 2. The number of benzene rings is 1. The van der Waals surface area contributed by atoms with Crippen LogP contribution < -0.4 is 22.3 Å². The smallest absolute Gasteiger partial charge is 0.270 e. The van der Waals surface area contributed by atoms with E-state index in [0.29, 0.717) is 5.56 Å². The molecule has 0 atom stereocenters. The SMILES string of the molecule is NC(=S)N/N=C\C(=N/NC(N)=S)c1cccc([N+](=O)[O-])c1. The molecule has 110 valence electrons. The van der Waals surface area contributed by atoms with Crippen LogP contribution in [0.3, 0.4) is 0 Å². The van der Waals surface area contributed by atoms with Gasteiger partial charge < -0.3 is 11.5 Å². The van der Waals surface area contributed by atoms with Gasteiger partial charge in [-0.2, -0.15) is 10.2 Å². The van der Waals surface area contributed by atoms with Crippen molar-refractivity contribution in [3.05, 3.63) is 39.9 Å². The van der Waals surface area contributed by atoms with Gasteiger partial charge in [-0.1, -0.05) is 12.1 Å². The third kappa shape index (κ3) is 5.88. The number of hydrogen-bond acceptors (Lipinski definition) is 6. The van der Waals surface area contributed by atoms with Gasteiger partial charge >= 0.3 is 0 Å². The first-order chi connectivity index (χ1) is 9.90. The van der Waals surface area contributed by atoms with Gasteiger partial charge in [0.1, 0.15) is 5.71 Å². The summed E-state index contributed by atoms with van der Waals surface area (Å²) in [5, 5.41) is 18.3. The molecule has 11 heteroatoms. The molecule has 21 heavy (non-hydrogen) atoms. The highest BCUT2D eigenvalue weighted by atomic mass is 32.1. The zero-order valence-electron chi connectivity index (χ0n) is 10.5. The molecule has 0 fully saturated rings. The van der Waals surface area contributed by atoms with Crippen LogP contribution in [0.1, 0.15) is 5.56 Å². The molecule has 0 saturated heterocycles. The molecule has 0 saturated carbocycles. The first-order valence-electron chi connectivity index (χ1n) is 5.36. The van der Waals surface area contributed by atoms with E-state index in [-0.39, 0.29) is 21.6 Å². The second-order valence-corrected chi connectivity index (χ2v) is 4.39. The number of nitro benzene ring substituents is 1. The van der Waals surface area contributed by atoms with Gasteiger partial charge in [-0.25, -0.2) is 0 Å². The lowest BCUT2D eigenvalue weighted by Crippen LogP contribution is -2.27. The zero-order valence-corrected chi connectivity index (χ0v) is 12.1. The second-order valence-electron chi connectivity index (χ2n) is 3.51. The molecule has 0 aliphatic heterocycles. The van der Waals surface area contributed by atoms with Crippen molar-refractivity contribution in [1.82, 2.24) is 10.9 Å². The Kier molecular flexibility index (Phi) is 6.10. The summed E-state index contributed by atoms with van der Waals surface area (Å²) in [4.78, 5) is 10.3. The van der Waals surface area contributed by atoms with Crippen LogP contribution in [0.2, 0.25) is 0 Å². The van der Waals surface area contributed by atoms with Crippen molar-refractivity contribution in [2.24, 2.45) is 21.7 Å². The Labute approximate surface area is 130 Å². The average Bonchev–Trinajstić information content (AvgIpc) is 2.42. The highest BCUT2D eigenvalue weighted by Gasteiger charge is 2.09. The lowest BCUT2D eigenvalue weighted by atomic mass is 10.1. The van der Waals surface area contributed by atoms with E-state index >= 15 is 0 Å².